The summed E-state index contributed by atoms with van der Waals surface area (Å²) in [5.74, 6) is -1.83. The van der Waals surface area contributed by atoms with Gasteiger partial charge in [-0.1, -0.05) is 18.2 Å². The monoisotopic (exact) mass is 629 g/mol. The first-order chi connectivity index (χ1) is 22.2. The predicted molar refractivity (Wildman–Crippen MR) is 169 cm³/mol. The molecule has 2 heterocycles. The molecule has 0 saturated carbocycles. The van der Waals surface area contributed by atoms with Gasteiger partial charge in [0.15, 0.2) is 0 Å². The Balaban J connectivity index is 1.20. The van der Waals surface area contributed by atoms with Crippen molar-refractivity contribution in [2.24, 2.45) is 0 Å². The van der Waals surface area contributed by atoms with Gasteiger partial charge in [0.1, 0.15) is 5.75 Å². The molecule has 0 atom stereocenters. The number of para-hydroxylation sites is 1. The van der Waals surface area contributed by atoms with E-state index in [0.29, 0.717) is 11.4 Å². The number of carbonyl (C=O) groups is 4. The number of methoxy groups -OCH3 is 1. The van der Waals surface area contributed by atoms with E-state index in [2.05, 4.69) is 5.32 Å². The average molecular weight is 630 g/mol. The second-order valence-electron chi connectivity index (χ2n) is 10.5. The normalized spacial score (nSPS) is 13.8. The van der Waals surface area contributed by atoms with E-state index in [4.69, 9.17) is 4.74 Å². The molecule has 0 aliphatic carbocycles. The summed E-state index contributed by atoms with van der Waals surface area (Å²) in [4.78, 5) is 53.6. The van der Waals surface area contributed by atoms with Crippen LogP contribution in [0.25, 0.3) is 0 Å². The molecule has 1 N–H and O–H groups in total. The number of anilines is 4. The molecule has 0 aromatic heterocycles. The summed E-state index contributed by atoms with van der Waals surface area (Å²) in [7, 11) is -2.61. The lowest BCUT2D eigenvalue weighted by Crippen LogP contribution is -2.29. The van der Waals surface area contributed by atoms with Crippen LogP contribution in [0.5, 0.6) is 5.75 Å². The first-order valence-electron chi connectivity index (χ1n) is 14.0. The zero-order valence-corrected chi connectivity index (χ0v) is 24.9. The van der Waals surface area contributed by atoms with Gasteiger partial charge in [0.05, 0.1) is 44.8 Å². The van der Waals surface area contributed by atoms with Gasteiger partial charge >= 0.3 is 0 Å². The maximum Gasteiger partial charge on any atom is 0.266 e. The van der Waals surface area contributed by atoms with Gasteiger partial charge in [-0.05, 0) is 97.1 Å². The summed E-state index contributed by atoms with van der Waals surface area (Å²) in [6, 6.07) is 31.5. The van der Waals surface area contributed by atoms with E-state index in [1.54, 1.807) is 31.4 Å². The Hall–Kier alpha value is -6.07. The molecule has 5 aromatic carbocycles. The number of benzene rings is 5. The quantitative estimate of drug-likeness (QED) is 0.228. The highest BCUT2D eigenvalue weighted by Crippen LogP contribution is 2.38. The Morgan fingerprint density at radius 1 is 0.587 bits per heavy atom. The van der Waals surface area contributed by atoms with E-state index in [1.165, 1.54) is 30.3 Å². The Morgan fingerprint density at radius 3 is 1.74 bits per heavy atom. The van der Waals surface area contributed by atoms with Crippen molar-refractivity contribution in [3.63, 3.8) is 0 Å². The van der Waals surface area contributed by atoms with E-state index in [-0.39, 0.29) is 32.0 Å². The van der Waals surface area contributed by atoms with E-state index in [9.17, 15) is 27.6 Å². The lowest BCUT2D eigenvalue weighted by molar-refractivity contribution is 0.0874. The third-order valence-corrected chi connectivity index (χ3v) is 9.65. The molecule has 7 rings (SSSR count). The highest BCUT2D eigenvalue weighted by molar-refractivity contribution is 7.91. The molecule has 0 bridgehead atoms. The van der Waals surface area contributed by atoms with Crippen LogP contribution in [0.4, 0.5) is 22.7 Å². The molecule has 2 aliphatic rings. The first-order valence-corrected chi connectivity index (χ1v) is 15.5. The van der Waals surface area contributed by atoms with Gasteiger partial charge in [0.25, 0.3) is 23.6 Å². The Bertz CT molecular complexity index is 2200. The van der Waals surface area contributed by atoms with Crippen molar-refractivity contribution < 1.29 is 32.3 Å². The smallest absolute Gasteiger partial charge is 0.266 e. The maximum atomic E-state index is 13.6. The highest BCUT2D eigenvalue weighted by Gasteiger charge is 2.38. The predicted octanol–water partition coefficient (Wildman–Crippen LogP) is 5.68. The third-order valence-electron chi connectivity index (χ3n) is 7.90. The number of imide groups is 2. The van der Waals surface area contributed by atoms with E-state index >= 15 is 0 Å². The molecule has 0 unspecified atom stereocenters. The minimum atomic E-state index is -4.21. The SMILES string of the molecule is COc1ccc(N(c2ccccc2)c2ccc(N3C(=O)c4ccc(S(=O)(=O)c5ccc6c(c5)C(=O)NC6=O)cc4C3=O)cc2)cc1. The second kappa shape index (κ2) is 10.8. The number of nitrogens with one attached hydrogen (secondary N) is 1. The number of carbonyl (C=O) groups excluding carboxylic acids is 4. The van der Waals surface area contributed by atoms with Crippen molar-refractivity contribution in [2.75, 3.05) is 16.9 Å². The van der Waals surface area contributed by atoms with Crippen molar-refractivity contribution >= 4 is 56.2 Å². The number of rotatable bonds is 7. The van der Waals surface area contributed by atoms with Gasteiger partial charge in [-0.3, -0.25) is 24.5 Å². The molecule has 0 spiro atoms. The number of amides is 4. The summed E-state index contributed by atoms with van der Waals surface area (Å²) in [6.07, 6.45) is 0. The van der Waals surface area contributed by atoms with Gasteiger partial charge in [-0.15, -0.1) is 0 Å². The standard InChI is InChI=1S/C35H23N3O7S/c1-45-25-13-11-23(12-14-25)37(21-5-3-2-4-6-21)22-7-9-24(10-8-22)38-34(41)29-18-16-27(20-31(29)35(38)42)46(43,44)26-15-17-28-30(19-26)33(40)36-32(28)39/h2-20H,1H3,(H,36,39,40). The summed E-state index contributed by atoms with van der Waals surface area (Å²) < 4.78 is 32.3. The Kier molecular flexibility index (Phi) is 6.75. The van der Waals surface area contributed by atoms with Gasteiger partial charge in [0, 0.05) is 17.1 Å². The molecular weight excluding hydrogens is 606 g/mol. The van der Waals surface area contributed by atoms with Crippen molar-refractivity contribution in [3.8, 4) is 5.75 Å². The Labute approximate surface area is 263 Å². The average Bonchev–Trinajstić information content (AvgIpc) is 3.51. The molecule has 0 fully saturated rings. The molecule has 5 aromatic rings. The number of nitrogens with zero attached hydrogens (tertiary/aromatic N) is 2. The van der Waals surface area contributed by atoms with Crippen LogP contribution in [0.2, 0.25) is 0 Å². The van der Waals surface area contributed by atoms with Crippen molar-refractivity contribution in [2.45, 2.75) is 9.79 Å². The highest BCUT2D eigenvalue weighted by atomic mass is 32.2. The number of sulfone groups is 1. The van der Waals surface area contributed by atoms with Crippen LogP contribution >= 0.6 is 0 Å². The van der Waals surface area contributed by atoms with Crippen molar-refractivity contribution in [1.29, 1.82) is 0 Å². The van der Waals surface area contributed by atoms with E-state index < -0.39 is 33.5 Å². The molecule has 0 radical (unpaired) electrons. The van der Waals surface area contributed by atoms with Crippen LogP contribution in [0, 0.1) is 0 Å². The van der Waals surface area contributed by atoms with Crippen molar-refractivity contribution in [3.05, 3.63) is 138 Å². The molecule has 226 valence electrons. The van der Waals surface area contributed by atoms with Gasteiger partial charge in [0.2, 0.25) is 9.84 Å². The Morgan fingerprint density at radius 2 is 1.11 bits per heavy atom. The van der Waals surface area contributed by atoms with E-state index in [1.807, 2.05) is 59.5 Å². The summed E-state index contributed by atoms with van der Waals surface area (Å²) in [6.45, 7) is 0. The van der Waals surface area contributed by atoms with Crippen LogP contribution in [-0.2, 0) is 9.84 Å². The van der Waals surface area contributed by atoms with Crippen molar-refractivity contribution in [1.82, 2.24) is 5.32 Å². The van der Waals surface area contributed by atoms with Crippen LogP contribution in [-0.4, -0.2) is 39.2 Å². The minimum Gasteiger partial charge on any atom is -0.497 e. The summed E-state index contributed by atoms with van der Waals surface area (Å²) in [5, 5.41) is 2.13. The zero-order chi connectivity index (χ0) is 32.2. The molecule has 46 heavy (non-hydrogen) atoms. The molecule has 0 saturated heterocycles. The summed E-state index contributed by atoms with van der Waals surface area (Å²) >= 11 is 0. The topological polar surface area (TPSA) is 130 Å². The lowest BCUT2D eigenvalue weighted by atomic mass is 10.1. The maximum absolute atomic E-state index is 13.6. The zero-order valence-electron chi connectivity index (χ0n) is 24.1. The number of ether oxygens (including phenoxy) is 1. The fourth-order valence-corrected chi connectivity index (χ4v) is 6.89. The second-order valence-corrected chi connectivity index (χ2v) is 12.5. The minimum absolute atomic E-state index is 0.0501. The first kappa shape index (κ1) is 28.7. The third kappa shape index (κ3) is 4.61. The molecule has 2 aliphatic heterocycles. The number of fused-ring (bicyclic) bond motifs is 2. The molecule has 4 amide bonds. The van der Waals surface area contributed by atoms with Crippen LogP contribution in [0.1, 0.15) is 41.4 Å². The molecule has 11 heteroatoms. The van der Waals surface area contributed by atoms with Gasteiger partial charge in [-0.25, -0.2) is 13.3 Å². The van der Waals surface area contributed by atoms with Gasteiger partial charge in [-0.2, -0.15) is 0 Å². The van der Waals surface area contributed by atoms with Crippen LogP contribution in [0.3, 0.4) is 0 Å². The molecule has 10 nitrogen and oxygen atoms in total. The van der Waals surface area contributed by atoms with Gasteiger partial charge < -0.3 is 9.64 Å². The van der Waals surface area contributed by atoms with E-state index in [0.717, 1.165) is 28.0 Å². The summed E-state index contributed by atoms with van der Waals surface area (Å²) in [5.41, 5.74) is 2.88. The largest absolute Gasteiger partial charge is 0.497 e. The van der Waals surface area contributed by atoms with Crippen LogP contribution in [0.15, 0.2) is 125 Å². The fourth-order valence-electron chi connectivity index (χ4n) is 5.58. The van der Waals surface area contributed by atoms with Crippen LogP contribution < -0.4 is 19.9 Å². The lowest BCUT2D eigenvalue weighted by Gasteiger charge is -2.26. The fraction of sp³-hybridized carbons (Fsp3) is 0.0286. The molecular formula is C35H23N3O7S. The number of hydrogen-bond acceptors (Lipinski definition) is 8. The number of hydrogen-bond donors (Lipinski definition) is 1.